The summed E-state index contributed by atoms with van der Waals surface area (Å²) in [6.45, 7) is 2.80. The summed E-state index contributed by atoms with van der Waals surface area (Å²) in [7, 11) is 0. The van der Waals surface area contributed by atoms with Crippen LogP contribution in [0.1, 0.15) is 41.0 Å². The number of amides is 4. The molecule has 3 rings (SSSR count). The predicted octanol–water partition coefficient (Wildman–Crippen LogP) is 2.93. The highest BCUT2D eigenvalue weighted by Gasteiger charge is 2.43. The summed E-state index contributed by atoms with van der Waals surface area (Å²) in [5.41, 5.74) is 1.50. The maximum absolute atomic E-state index is 13.0. The lowest BCUT2D eigenvalue weighted by Gasteiger charge is -2.25. The number of nitrogens with one attached hydrogen (secondary N) is 2. The molecule has 0 radical (unpaired) electrons. The third-order valence-corrected chi connectivity index (χ3v) is 5.78. The maximum atomic E-state index is 13.0. The van der Waals surface area contributed by atoms with Crippen LogP contribution in [0.2, 0.25) is 0 Å². The van der Waals surface area contributed by atoms with Crippen molar-refractivity contribution in [2.75, 3.05) is 22.6 Å². The van der Waals surface area contributed by atoms with Crippen molar-refractivity contribution in [1.82, 2.24) is 4.90 Å². The molecule has 1 aliphatic rings. The van der Waals surface area contributed by atoms with Gasteiger partial charge in [-0.15, -0.1) is 0 Å². The molecule has 9 nitrogen and oxygen atoms in total. The van der Waals surface area contributed by atoms with Crippen LogP contribution in [-0.4, -0.2) is 58.7 Å². The zero-order valence-electron chi connectivity index (χ0n) is 19.0. The molecule has 2 N–H and O–H groups in total. The molecule has 0 unspecified atom stereocenters. The van der Waals surface area contributed by atoms with Crippen molar-refractivity contribution in [2.24, 2.45) is 0 Å². The fourth-order valence-electron chi connectivity index (χ4n) is 3.46. The van der Waals surface area contributed by atoms with Crippen molar-refractivity contribution in [3.05, 3.63) is 59.7 Å². The van der Waals surface area contributed by atoms with Gasteiger partial charge >= 0.3 is 5.97 Å². The Kier molecular flexibility index (Phi) is 8.06. The lowest BCUT2D eigenvalue weighted by molar-refractivity contribution is -0.157. The molecule has 2 aromatic rings. The second-order valence-corrected chi connectivity index (χ2v) is 8.64. The number of carbonyl (C=O) groups excluding carboxylic acids is 5. The molecule has 1 heterocycles. The van der Waals surface area contributed by atoms with Gasteiger partial charge in [0, 0.05) is 18.3 Å². The Bertz CT molecular complexity index is 1080. The Balaban J connectivity index is 1.68. The molecule has 10 heteroatoms. The van der Waals surface area contributed by atoms with E-state index < -0.39 is 35.8 Å². The Morgan fingerprint density at radius 2 is 1.47 bits per heavy atom. The Morgan fingerprint density at radius 1 is 0.941 bits per heavy atom. The van der Waals surface area contributed by atoms with Crippen molar-refractivity contribution in [2.45, 2.75) is 32.4 Å². The van der Waals surface area contributed by atoms with Crippen LogP contribution in [-0.2, 0) is 19.1 Å². The minimum atomic E-state index is -1.17. The summed E-state index contributed by atoms with van der Waals surface area (Å²) < 4.78 is 5.36. The number of nitrogens with zero attached hydrogens (tertiary/aromatic N) is 1. The van der Waals surface area contributed by atoms with E-state index in [4.69, 9.17) is 4.74 Å². The van der Waals surface area contributed by atoms with Crippen LogP contribution >= 0.6 is 11.8 Å². The zero-order chi connectivity index (χ0) is 24.8. The average molecular weight is 484 g/mol. The van der Waals surface area contributed by atoms with E-state index in [9.17, 15) is 24.0 Å². The van der Waals surface area contributed by atoms with Gasteiger partial charge in [0.2, 0.25) is 5.91 Å². The first kappa shape index (κ1) is 25.0. The van der Waals surface area contributed by atoms with E-state index in [1.54, 1.807) is 48.5 Å². The Morgan fingerprint density at radius 3 is 1.97 bits per heavy atom. The van der Waals surface area contributed by atoms with E-state index in [1.807, 2.05) is 6.26 Å². The molecule has 178 valence electrons. The first-order chi connectivity index (χ1) is 16.2. The van der Waals surface area contributed by atoms with Crippen LogP contribution in [0.3, 0.4) is 0 Å². The summed E-state index contributed by atoms with van der Waals surface area (Å²) in [5, 5.41) is 5.25. The molecule has 0 aliphatic carbocycles. The number of ether oxygens (including phenoxy) is 1. The van der Waals surface area contributed by atoms with Crippen LogP contribution < -0.4 is 10.6 Å². The van der Waals surface area contributed by atoms with Gasteiger partial charge in [-0.2, -0.15) is 11.8 Å². The lowest BCUT2D eigenvalue weighted by atomic mass is 10.1. The normalized spacial score (nSPS) is 14.3. The van der Waals surface area contributed by atoms with Gasteiger partial charge in [0.05, 0.1) is 11.1 Å². The number of hydrogen-bond acceptors (Lipinski definition) is 7. The fraction of sp³-hybridized carbons (Fsp3) is 0.292. The smallest absolute Gasteiger partial charge is 0.330 e. The highest BCUT2D eigenvalue weighted by molar-refractivity contribution is 7.98. The molecule has 34 heavy (non-hydrogen) atoms. The highest BCUT2D eigenvalue weighted by Crippen LogP contribution is 2.27. The minimum Gasteiger partial charge on any atom is -0.451 e. The number of thioether (sulfide) groups is 1. The SMILES string of the molecule is CSCC[C@H](C(=O)O[C@H](C)C(=O)Nc1ccc(NC(C)=O)cc1)N1C(=O)c2ccccc2C1=O. The van der Waals surface area contributed by atoms with E-state index in [2.05, 4.69) is 10.6 Å². The molecule has 2 aromatic carbocycles. The molecule has 0 spiro atoms. The summed E-state index contributed by atoms with van der Waals surface area (Å²) in [6, 6.07) is 11.7. The van der Waals surface area contributed by atoms with Crippen molar-refractivity contribution < 1.29 is 28.7 Å². The lowest BCUT2D eigenvalue weighted by Crippen LogP contribution is -2.47. The predicted molar refractivity (Wildman–Crippen MR) is 129 cm³/mol. The number of imide groups is 1. The number of anilines is 2. The highest BCUT2D eigenvalue weighted by atomic mass is 32.2. The first-order valence-electron chi connectivity index (χ1n) is 10.6. The minimum absolute atomic E-state index is 0.199. The molecule has 0 fully saturated rings. The summed E-state index contributed by atoms with van der Waals surface area (Å²) in [5.74, 6) is -2.22. The first-order valence-corrected chi connectivity index (χ1v) is 12.0. The average Bonchev–Trinajstić information content (AvgIpc) is 3.05. The van der Waals surface area contributed by atoms with Crippen molar-refractivity contribution in [3.63, 3.8) is 0 Å². The quantitative estimate of drug-likeness (QED) is 0.415. The largest absolute Gasteiger partial charge is 0.451 e. The molecule has 4 amide bonds. The van der Waals surface area contributed by atoms with E-state index in [0.717, 1.165) is 4.90 Å². The van der Waals surface area contributed by atoms with Crippen LogP contribution in [0.25, 0.3) is 0 Å². The third kappa shape index (κ3) is 5.63. The number of benzene rings is 2. The van der Waals surface area contributed by atoms with Crippen molar-refractivity contribution in [1.29, 1.82) is 0 Å². The van der Waals surface area contributed by atoms with Gasteiger partial charge in [-0.3, -0.25) is 24.1 Å². The van der Waals surface area contributed by atoms with Gasteiger partial charge in [-0.05, 0) is 61.8 Å². The standard InChI is InChI=1S/C24H25N3O6S/c1-14(21(29)26-17-10-8-16(9-11-17)25-15(2)28)33-24(32)20(12-13-34-3)27-22(30)18-6-4-5-7-19(18)23(27)31/h4-11,14,20H,12-13H2,1-3H3,(H,25,28)(H,26,29)/t14-,20-/m1/s1. The number of esters is 1. The summed E-state index contributed by atoms with van der Waals surface area (Å²) in [4.78, 5) is 63.3. The summed E-state index contributed by atoms with van der Waals surface area (Å²) >= 11 is 1.46. The van der Waals surface area contributed by atoms with Crippen LogP contribution in [0.4, 0.5) is 11.4 Å². The molecule has 0 saturated heterocycles. The van der Waals surface area contributed by atoms with Gasteiger partial charge < -0.3 is 15.4 Å². The van der Waals surface area contributed by atoms with Crippen LogP contribution in [0.5, 0.6) is 0 Å². The van der Waals surface area contributed by atoms with E-state index in [1.165, 1.54) is 25.6 Å². The fourth-order valence-corrected chi connectivity index (χ4v) is 3.92. The van der Waals surface area contributed by atoms with Crippen molar-refractivity contribution in [3.8, 4) is 0 Å². The topological polar surface area (TPSA) is 122 Å². The number of hydrogen-bond donors (Lipinski definition) is 2. The monoisotopic (exact) mass is 483 g/mol. The number of rotatable bonds is 9. The van der Waals surface area contributed by atoms with E-state index in [-0.39, 0.29) is 23.5 Å². The molecular formula is C24H25N3O6S. The number of carbonyl (C=O) groups is 5. The van der Waals surface area contributed by atoms with Gasteiger partial charge in [0.25, 0.3) is 17.7 Å². The second-order valence-electron chi connectivity index (χ2n) is 7.65. The Labute approximate surface area is 201 Å². The van der Waals surface area contributed by atoms with Gasteiger partial charge in [-0.1, -0.05) is 12.1 Å². The Hall–Kier alpha value is -3.66. The van der Waals surface area contributed by atoms with Gasteiger partial charge in [0.15, 0.2) is 6.10 Å². The summed E-state index contributed by atoms with van der Waals surface area (Å²) in [6.07, 6.45) is 0.872. The van der Waals surface area contributed by atoms with E-state index >= 15 is 0 Å². The zero-order valence-corrected chi connectivity index (χ0v) is 19.8. The third-order valence-electron chi connectivity index (χ3n) is 5.14. The number of fused-ring (bicyclic) bond motifs is 1. The molecule has 2 atom stereocenters. The molecular weight excluding hydrogens is 458 g/mol. The van der Waals surface area contributed by atoms with Crippen LogP contribution in [0.15, 0.2) is 48.5 Å². The van der Waals surface area contributed by atoms with Gasteiger partial charge in [0.1, 0.15) is 6.04 Å². The van der Waals surface area contributed by atoms with Gasteiger partial charge in [-0.25, -0.2) is 4.79 Å². The second kappa shape index (κ2) is 11.0. The molecule has 0 aromatic heterocycles. The molecule has 0 bridgehead atoms. The van der Waals surface area contributed by atoms with Crippen molar-refractivity contribution >= 4 is 52.7 Å². The molecule has 1 aliphatic heterocycles. The van der Waals surface area contributed by atoms with E-state index in [0.29, 0.717) is 17.1 Å². The molecule has 0 saturated carbocycles. The maximum Gasteiger partial charge on any atom is 0.330 e. The van der Waals surface area contributed by atoms with Crippen LogP contribution in [0, 0.1) is 0 Å².